The minimum atomic E-state index is 0.262. The van der Waals surface area contributed by atoms with Crippen molar-refractivity contribution in [1.29, 1.82) is 0 Å². The lowest BCUT2D eigenvalue weighted by atomic mass is 10.1. The fourth-order valence-corrected chi connectivity index (χ4v) is 2.58. The van der Waals surface area contributed by atoms with Crippen LogP contribution in [0.3, 0.4) is 0 Å². The van der Waals surface area contributed by atoms with Gasteiger partial charge in [-0.05, 0) is 39.3 Å². The van der Waals surface area contributed by atoms with E-state index in [9.17, 15) is 0 Å². The van der Waals surface area contributed by atoms with Gasteiger partial charge in [-0.1, -0.05) is 0 Å². The molecule has 0 radical (unpaired) electrons. The van der Waals surface area contributed by atoms with Crippen LogP contribution in [-0.2, 0) is 13.6 Å². The van der Waals surface area contributed by atoms with Gasteiger partial charge in [0.15, 0.2) is 0 Å². The number of hydrogen-bond acceptors (Lipinski definition) is 1. The van der Waals surface area contributed by atoms with E-state index in [0.29, 0.717) is 6.04 Å². The number of rotatable bonds is 0. The minimum absolute atomic E-state index is 0.262. The molecule has 2 rings (SSSR count). The molecular formula is C12H20N2. The predicted molar refractivity (Wildman–Crippen MR) is 59.1 cm³/mol. The van der Waals surface area contributed by atoms with Gasteiger partial charge >= 0.3 is 0 Å². The standard InChI is InChI=1S/C12H20N2/c1-9-11-10(6-7-13(11)5)8-14(9)12(2,3)4/h6-7,9H,8H2,1-5H3/t9-/m0/s1. The smallest absolute Gasteiger partial charge is 0.0484 e. The molecule has 0 amide bonds. The van der Waals surface area contributed by atoms with E-state index < -0.39 is 0 Å². The zero-order chi connectivity index (χ0) is 10.5. The first-order chi connectivity index (χ1) is 6.41. The van der Waals surface area contributed by atoms with Gasteiger partial charge in [-0.15, -0.1) is 0 Å². The van der Waals surface area contributed by atoms with Gasteiger partial charge in [0.2, 0.25) is 0 Å². The van der Waals surface area contributed by atoms with Gasteiger partial charge in [0.1, 0.15) is 0 Å². The summed E-state index contributed by atoms with van der Waals surface area (Å²) in [6, 6.07) is 2.79. The summed E-state index contributed by atoms with van der Waals surface area (Å²) in [7, 11) is 2.14. The molecule has 0 bridgehead atoms. The van der Waals surface area contributed by atoms with Crippen LogP contribution in [0.4, 0.5) is 0 Å². The zero-order valence-corrected chi connectivity index (χ0v) is 9.83. The van der Waals surface area contributed by atoms with E-state index in [1.54, 1.807) is 0 Å². The summed E-state index contributed by atoms with van der Waals surface area (Å²) in [5.41, 5.74) is 3.24. The maximum Gasteiger partial charge on any atom is 0.0484 e. The van der Waals surface area contributed by atoms with Crippen LogP contribution in [0, 0.1) is 0 Å². The van der Waals surface area contributed by atoms with E-state index in [4.69, 9.17) is 0 Å². The molecule has 0 fully saturated rings. The first-order valence-corrected chi connectivity index (χ1v) is 5.32. The Kier molecular flexibility index (Phi) is 2.00. The summed E-state index contributed by atoms with van der Waals surface area (Å²) < 4.78 is 2.26. The number of fused-ring (bicyclic) bond motifs is 1. The Morgan fingerprint density at radius 3 is 2.50 bits per heavy atom. The van der Waals surface area contributed by atoms with Gasteiger partial charge in [-0.2, -0.15) is 0 Å². The third kappa shape index (κ3) is 1.29. The Hall–Kier alpha value is -0.760. The fourth-order valence-electron chi connectivity index (χ4n) is 2.58. The first kappa shape index (κ1) is 9.78. The van der Waals surface area contributed by atoms with Crippen molar-refractivity contribution < 1.29 is 0 Å². The Balaban J connectivity index is 2.35. The van der Waals surface area contributed by atoms with Gasteiger partial charge in [0.25, 0.3) is 0 Å². The highest BCUT2D eigenvalue weighted by Crippen LogP contribution is 2.38. The summed E-state index contributed by atoms with van der Waals surface area (Å²) in [6.45, 7) is 10.3. The maximum absolute atomic E-state index is 2.55. The molecule has 0 spiro atoms. The molecule has 1 atom stereocenters. The molecular weight excluding hydrogens is 172 g/mol. The molecule has 2 heteroatoms. The van der Waals surface area contributed by atoms with Gasteiger partial charge in [0.05, 0.1) is 0 Å². The second-order valence-electron chi connectivity index (χ2n) is 5.31. The van der Waals surface area contributed by atoms with Crippen LogP contribution >= 0.6 is 0 Å². The minimum Gasteiger partial charge on any atom is -0.353 e. The molecule has 0 saturated carbocycles. The average molecular weight is 192 g/mol. The molecule has 0 N–H and O–H groups in total. The quantitative estimate of drug-likeness (QED) is 0.613. The lowest BCUT2D eigenvalue weighted by Gasteiger charge is -2.35. The van der Waals surface area contributed by atoms with Gasteiger partial charge in [0, 0.05) is 37.1 Å². The van der Waals surface area contributed by atoms with Crippen molar-refractivity contribution in [2.45, 2.75) is 45.8 Å². The SMILES string of the molecule is C[C@H]1c2c(ccn2C)CN1C(C)(C)C. The molecule has 1 aliphatic rings. The van der Waals surface area contributed by atoms with Crippen molar-refractivity contribution in [1.82, 2.24) is 9.47 Å². The second kappa shape index (κ2) is 2.86. The molecule has 0 aliphatic carbocycles. The molecule has 2 nitrogen and oxygen atoms in total. The van der Waals surface area contributed by atoms with Crippen LogP contribution in [0.5, 0.6) is 0 Å². The van der Waals surface area contributed by atoms with Crippen LogP contribution in [0.25, 0.3) is 0 Å². The second-order valence-corrected chi connectivity index (χ2v) is 5.31. The third-order valence-electron chi connectivity index (χ3n) is 3.27. The molecule has 1 aromatic heterocycles. The van der Waals surface area contributed by atoms with Gasteiger partial charge in [-0.3, -0.25) is 4.90 Å². The van der Waals surface area contributed by atoms with Crippen LogP contribution in [0.2, 0.25) is 0 Å². The largest absolute Gasteiger partial charge is 0.353 e. The van der Waals surface area contributed by atoms with Crippen LogP contribution < -0.4 is 0 Å². The Morgan fingerprint density at radius 1 is 1.36 bits per heavy atom. The lowest BCUT2D eigenvalue weighted by Crippen LogP contribution is -2.39. The molecule has 1 aromatic rings. The first-order valence-electron chi connectivity index (χ1n) is 5.32. The van der Waals surface area contributed by atoms with Crippen molar-refractivity contribution in [3.8, 4) is 0 Å². The van der Waals surface area contributed by atoms with Crippen LogP contribution in [-0.4, -0.2) is 15.0 Å². The van der Waals surface area contributed by atoms with Crippen molar-refractivity contribution in [3.05, 3.63) is 23.5 Å². The van der Waals surface area contributed by atoms with E-state index >= 15 is 0 Å². The highest BCUT2D eigenvalue weighted by molar-refractivity contribution is 5.30. The van der Waals surface area contributed by atoms with Gasteiger partial charge < -0.3 is 4.57 Å². The third-order valence-corrected chi connectivity index (χ3v) is 3.27. The summed E-state index contributed by atoms with van der Waals surface area (Å²) in [5, 5.41) is 0. The zero-order valence-electron chi connectivity index (χ0n) is 9.83. The highest BCUT2D eigenvalue weighted by Gasteiger charge is 2.35. The molecule has 0 unspecified atom stereocenters. The monoisotopic (exact) mass is 192 g/mol. The number of nitrogens with zero attached hydrogens (tertiary/aromatic N) is 2. The van der Waals surface area contributed by atoms with Crippen molar-refractivity contribution >= 4 is 0 Å². The van der Waals surface area contributed by atoms with Crippen LogP contribution in [0.15, 0.2) is 12.3 Å². The summed E-state index contributed by atoms with van der Waals surface area (Å²) in [4.78, 5) is 2.55. The molecule has 0 saturated heterocycles. The van der Waals surface area contributed by atoms with Crippen LogP contribution in [0.1, 0.15) is 45.0 Å². The fraction of sp³-hybridized carbons (Fsp3) is 0.667. The Labute approximate surface area is 86.5 Å². The maximum atomic E-state index is 2.55. The van der Waals surface area contributed by atoms with E-state index in [1.165, 1.54) is 11.3 Å². The highest BCUT2D eigenvalue weighted by atomic mass is 15.2. The molecule has 1 aliphatic heterocycles. The Bertz CT molecular complexity index is 344. The number of aromatic nitrogens is 1. The number of aryl methyl sites for hydroxylation is 1. The Morgan fingerprint density at radius 2 is 2.00 bits per heavy atom. The average Bonchev–Trinajstić information content (AvgIpc) is 2.53. The molecule has 14 heavy (non-hydrogen) atoms. The van der Waals surface area contributed by atoms with E-state index in [1.807, 2.05) is 0 Å². The molecule has 0 aromatic carbocycles. The van der Waals surface area contributed by atoms with E-state index in [-0.39, 0.29) is 5.54 Å². The summed E-state index contributed by atoms with van der Waals surface area (Å²) >= 11 is 0. The normalized spacial score (nSPS) is 22.8. The summed E-state index contributed by atoms with van der Waals surface area (Å²) in [6.07, 6.45) is 2.17. The van der Waals surface area contributed by atoms with E-state index in [2.05, 4.69) is 56.5 Å². The molecule has 2 heterocycles. The summed E-state index contributed by atoms with van der Waals surface area (Å²) in [5.74, 6) is 0. The van der Waals surface area contributed by atoms with E-state index in [0.717, 1.165) is 6.54 Å². The van der Waals surface area contributed by atoms with Crippen molar-refractivity contribution in [2.24, 2.45) is 7.05 Å². The van der Waals surface area contributed by atoms with Gasteiger partial charge in [-0.25, -0.2) is 0 Å². The van der Waals surface area contributed by atoms with Crippen molar-refractivity contribution in [2.75, 3.05) is 0 Å². The topological polar surface area (TPSA) is 8.17 Å². The number of hydrogen-bond donors (Lipinski definition) is 0. The predicted octanol–water partition coefficient (Wildman–Crippen LogP) is 2.70. The lowest BCUT2D eigenvalue weighted by molar-refractivity contribution is 0.0973. The molecule has 78 valence electrons. The van der Waals surface area contributed by atoms with Crippen molar-refractivity contribution in [3.63, 3.8) is 0 Å².